The van der Waals surface area contributed by atoms with Crippen LogP contribution in [0.4, 0.5) is 0 Å². The number of carboxylic acids is 1. The highest BCUT2D eigenvalue weighted by molar-refractivity contribution is 6.03. The molecule has 0 spiro atoms. The molecule has 0 unspecified atom stereocenters. The molecular formula is C27H23NO3. The first-order chi connectivity index (χ1) is 15.1. The highest BCUT2D eigenvalue weighted by Crippen LogP contribution is 2.35. The van der Waals surface area contributed by atoms with Crippen LogP contribution in [0.25, 0.3) is 17.2 Å². The van der Waals surface area contributed by atoms with Crippen LogP contribution in [0.3, 0.4) is 0 Å². The van der Waals surface area contributed by atoms with Gasteiger partial charge in [-0.15, -0.1) is 0 Å². The zero-order chi connectivity index (χ0) is 21.8. The fourth-order valence-electron chi connectivity index (χ4n) is 3.98. The van der Waals surface area contributed by atoms with E-state index >= 15 is 0 Å². The lowest BCUT2D eigenvalue weighted by Crippen LogP contribution is -2.12. The lowest BCUT2D eigenvalue weighted by molar-refractivity contribution is -0.131. The molecule has 0 bridgehead atoms. The van der Waals surface area contributed by atoms with Gasteiger partial charge >= 0.3 is 5.97 Å². The molecule has 0 aromatic heterocycles. The van der Waals surface area contributed by atoms with Crippen LogP contribution in [0.1, 0.15) is 51.5 Å². The van der Waals surface area contributed by atoms with Crippen molar-refractivity contribution >= 4 is 29.1 Å². The number of allylic oxidation sites excluding steroid dienone is 1. The standard InChI is InChI=1S/C27H23NO3/c1-2-23(19-6-4-3-5-7-19)26(20-11-8-18(9-12-20)10-15-25(29)30)21-13-14-22-17-28-27(31)24(22)16-21/h3-16H,2,17H2,1H3,(H,28,31)(H,29,30)/b15-10+,26-23+. The Morgan fingerprint density at radius 1 is 0.968 bits per heavy atom. The number of rotatable bonds is 6. The molecule has 31 heavy (non-hydrogen) atoms. The van der Waals surface area contributed by atoms with E-state index in [4.69, 9.17) is 5.11 Å². The van der Waals surface area contributed by atoms with E-state index in [0.29, 0.717) is 6.54 Å². The van der Waals surface area contributed by atoms with E-state index in [2.05, 4.69) is 30.4 Å². The summed E-state index contributed by atoms with van der Waals surface area (Å²) < 4.78 is 0. The largest absolute Gasteiger partial charge is 0.478 e. The minimum absolute atomic E-state index is 0.0388. The molecule has 0 saturated heterocycles. The number of fused-ring (bicyclic) bond motifs is 1. The third-order valence-electron chi connectivity index (χ3n) is 5.48. The quantitative estimate of drug-likeness (QED) is 0.423. The summed E-state index contributed by atoms with van der Waals surface area (Å²) in [5, 5.41) is 11.8. The minimum Gasteiger partial charge on any atom is -0.478 e. The summed E-state index contributed by atoms with van der Waals surface area (Å²) in [6.07, 6.45) is 3.53. The maximum Gasteiger partial charge on any atom is 0.328 e. The molecule has 1 aliphatic rings. The van der Waals surface area contributed by atoms with Gasteiger partial charge in [0.2, 0.25) is 0 Å². The number of nitrogens with one attached hydrogen (secondary N) is 1. The van der Waals surface area contributed by atoms with Gasteiger partial charge in [-0.2, -0.15) is 0 Å². The number of carbonyl (C=O) groups excluding carboxylic acids is 1. The van der Waals surface area contributed by atoms with Crippen molar-refractivity contribution in [3.63, 3.8) is 0 Å². The number of hydrogen-bond acceptors (Lipinski definition) is 2. The Kier molecular flexibility index (Phi) is 5.80. The predicted octanol–water partition coefficient (Wildman–Crippen LogP) is 5.40. The van der Waals surface area contributed by atoms with E-state index in [1.165, 1.54) is 5.57 Å². The molecule has 3 aromatic carbocycles. The zero-order valence-electron chi connectivity index (χ0n) is 17.3. The van der Waals surface area contributed by atoms with Gasteiger partial charge in [-0.25, -0.2) is 4.79 Å². The smallest absolute Gasteiger partial charge is 0.328 e. The lowest BCUT2D eigenvalue weighted by Gasteiger charge is -2.17. The van der Waals surface area contributed by atoms with Gasteiger partial charge in [0.05, 0.1) is 0 Å². The highest BCUT2D eigenvalue weighted by atomic mass is 16.4. The molecule has 154 valence electrons. The Labute approximate surface area is 181 Å². The van der Waals surface area contributed by atoms with Gasteiger partial charge in [0.25, 0.3) is 5.91 Å². The average Bonchev–Trinajstić information content (AvgIpc) is 3.17. The summed E-state index contributed by atoms with van der Waals surface area (Å²) in [6, 6.07) is 24.1. The number of hydrogen-bond donors (Lipinski definition) is 2. The lowest BCUT2D eigenvalue weighted by atomic mass is 9.87. The molecule has 1 heterocycles. The van der Waals surface area contributed by atoms with Crippen LogP contribution in [-0.2, 0) is 11.3 Å². The van der Waals surface area contributed by atoms with Crippen molar-refractivity contribution in [3.05, 3.63) is 112 Å². The van der Waals surface area contributed by atoms with Gasteiger partial charge in [0.15, 0.2) is 0 Å². The Bertz CT molecular complexity index is 1190. The van der Waals surface area contributed by atoms with Gasteiger partial charge in [-0.05, 0) is 57.5 Å². The molecule has 4 heteroatoms. The molecule has 1 amide bonds. The monoisotopic (exact) mass is 409 g/mol. The SMILES string of the molecule is CC/C(=C(/c1ccc(/C=C/C(=O)O)cc1)c1ccc2c(c1)C(=O)NC2)c1ccccc1. The summed E-state index contributed by atoms with van der Waals surface area (Å²) in [4.78, 5) is 23.1. The molecular weight excluding hydrogens is 386 g/mol. The second kappa shape index (κ2) is 8.84. The van der Waals surface area contributed by atoms with Crippen molar-refractivity contribution in [2.75, 3.05) is 0 Å². The molecule has 0 aliphatic carbocycles. The van der Waals surface area contributed by atoms with Crippen LogP contribution in [0.5, 0.6) is 0 Å². The summed E-state index contributed by atoms with van der Waals surface area (Å²) >= 11 is 0. The van der Waals surface area contributed by atoms with Crippen LogP contribution in [0.15, 0.2) is 78.9 Å². The molecule has 3 aromatic rings. The molecule has 4 nitrogen and oxygen atoms in total. The third kappa shape index (κ3) is 4.33. The van der Waals surface area contributed by atoms with Crippen molar-refractivity contribution < 1.29 is 14.7 Å². The first-order valence-corrected chi connectivity index (χ1v) is 10.3. The summed E-state index contributed by atoms with van der Waals surface area (Å²) in [5.41, 5.74) is 7.96. The number of carbonyl (C=O) groups is 2. The van der Waals surface area contributed by atoms with E-state index in [1.54, 1.807) is 6.08 Å². The van der Waals surface area contributed by atoms with Crippen molar-refractivity contribution in [1.82, 2.24) is 5.32 Å². The van der Waals surface area contributed by atoms with E-state index in [9.17, 15) is 9.59 Å². The van der Waals surface area contributed by atoms with Crippen molar-refractivity contribution in [2.45, 2.75) is 19.9 Å². The van der Waals surface area contributed by atoms with Gasteiger partial charge < -0.3 is 10.4 Å². The van der Waals surface area contributed by atoms with E-state index in [0.717, 1.165) is 51.5 Å². The zero-order valence-corrected chi connectivity index (χ0v) is 17.3. The average molecular weight is 409 g/mol. The molecule has 0 radical (unpaired) electrons. The van der Waals surface area contributed by atoms with Crippen molar-refractivity contribution in [1.29, 1.82) is 0 Å². The predicted molar refractivity (Wildman–Crippen MR) is 123 cm³/mol. The van der Waals surface area contributed by atoms with Crippen LogP contribution < -0.4 is 5.32 Å². The normalized spacial score (nSPS) is 13.6. The first kappa shape index (κ1) is 20.4. The maximum absolute atomic E-state index is 12.3. The maximum atomic E-state index is 12.3. The third-order valence-corrected chi connectivity index (χ3v) is 5.48. The number of benzene rings is 3. The van der Waals surface area contributed by atoms with E-state index in [1.807, 2.05) is 54.6 Å². The summed E-state index contributed by atoms with van der Waals surface area (Å²) in [6.45, 7) is 2.70. The van der Waals surface area contributed by atoms with Crippen molar-refractivity contribution in [2.24, 2.45) is 0 Å². The Balaban J connectivity index is 1.88. The Hall–Kier alpha value is -3.92. The topological polar surface area (TPSA) is 66.4 Å². The fraction of sp³-hybridized carbons (Fsp3) is 0.111. The Morgan fingerprint density at radius 2 is 1.68 bits per heavy atom. The molecule has 0 atom stereocenters. The molecule has 0 saturated carbocycles. The van der Waals surface area contributed by atoms with Gasteiger partial charge in [-0.3, -0.25) is 4.79 Å². The summed E-state index contributed by atoms with van der Waals surface area (Å²) in [7, 11) is 0. The highest BCUT2D eigenvalue weighted by Gasteiger charge is 2.21. The number of amides is 1. The van der Waals surface area contributed by atoms with Gasteiger partial charge in [-0.1, -0.05) is 73.7 Å². The van der Waals surface area contributed by atoms with Crippen LogP contribution in [-0.4, -0.2) is 17.0 Å². The van der Waals surface area contributed by atoms with Crippen LogP contribution >= 0.6 is 0 Å². The number of aliphatic carboxylic acids is 1. The van der Waals surface area contributed by atoms with E-state index < -0.39 is 5.97 Å². The fourth-order valence-corrected chi connectivity index (χ4v) is 3.98. The summed E-state index contributed by atoms with van der Waals surface area (Å²) in [5.74, 6) is -1.01. The van der Waals surface area contributed by atoms with Gasteiger partial charge in [0, 0.05) is 18.2 Å². The first-order valence-electron chi connectivity index (χ1n) is 10.3. The molecule has 0 fully saturated rings. The van der Waals surface area contributed by atoms with Gasteiger partial charge in [0.1, 0.15) is 0 Å². The molecule has 4 rings (SSSR count). The Morgan fingerprint density at radius 3 is 2.35 bits per heavy atom. The van der Waals surface area contributed by atoms with Crippen LogP contribution in [0.2, 0.25) is 0 Å². The van der Waals surface area contributed by atoms with Crippen LogP contribution in [0, 0.1) is 0 Å². The number of carboxylic acid groups (broad SMARTS) is 1. The van der Waals surface area contributed by atoms with E-state index in [-0.39, 0.29) is 5.91 Å². The minimum atomic E-state index is -0.974. The van der Waals surface area contributed by atoms with Crippen molar-refractivity contribution in [3.8, 4) is 0 Å². The second-order valence-electron chi connectivity index (χ2n) is 7.42. The molecule has 1 aliphatic heterocycles. The second-order valence-corrected chi connectivity index (χ2v) is 7.42. The molecule has 2 N–H and O–H groups in total.